The van der Waals surface area contributed by atoms with Crippen molar-refractivity contribution in [2.75, 3.05) is 5.75 Å². The molecule has 0 saturated heterocycles. The van der Waals surface area contributed by atoms with Crippen LogP contribution in [0.3, 0.4) is 0 Å². The third-order valence-electron chi connectivity index (χ3n) is 2.32. The summed E-state index contributed by atoms with van der Waals surface area (Å²) in [6, 6.07) is 0. The summed E-state index contributed by atoms with van der Waals surface area (Å²) in [5.41, 5.74) is 3.22. The summed E-state index contributed by atoms with van der Waals surface area (Å²) in [6.45, 7) is 5.95. The van der Waals surface area contributed by atoms with E-state index in [1.54, 1.807) is 18.5 Å². The van der Waals surface area contributed by atoms with Gasteiger partial charge in [-0.3, -0.25) is 0 Å². The largest absolute Gasteiger partial charge is 0.248 e. The molecule has 1 aromatic heterocycles. The molecule has 5 nitrogen and oxygen atoms in total. The Bertz CT molecular complexity index is 520. The second-order valence-corrected chi connectivity index (χ2v) is 6.21. The van der Waals surface area contributed by atoms with E-state index in [1.165, 1.54) is 5.54 Å². The standard InChI is InChI=1S/C10H16ClN3O2S/c1-4-14-10(9(3)12-13-14)7-17(15,16)6-8(2)5-11/h5H,4,6-7H2,1-3H3/b8-5+. The van der Waals surface area contributed by atoms with Gasteiger partial charge in [0.2, 0.25) is 0 Å². The minimum absolute atomic E-state index is 0.0369. The molecule has 0 aliphatic rings. The molecule has 7 heteroatoms. The molecule has 1 heterocycles. The highest BCUT2D eigenvalue weighted by Gasteiger charge is 2.18. The van der Waals surface area contributed by atoms with Gasteiger partial charge in [0.05, 0.1) is 22.9 Å². The second kappa shape index (κ2) is 5.64. The van der Waals surface area contributed by atoms with Crippen LogP contribution < -0.4 is 0 Å². The van der Waals surface area contributed by atoms with Crippen molar-refractivity contribution in [3.8, 4) is 0 Å². The van der Waals surface area contributed by atoms with Gasteiger partial charge in [0, 0.05) is 12.1 Å². The van der Waals surface area contributed by atoms with Gasteiger partial charge in [0.25, 0.3) is 0 Å². The van der Waals surface area contributed by atoms with Gasteiger partial charge < -0.3 is 0 Å². The highest BCUT2D eigenvalue weighted by Crippen LogP contribution is 2.12. The van der Waals surface area contributed by atoms with E-state index >= 15 is 0 Å². The van der Waals surface area contributed by atoms with E-state index in [9.17, 15) is 8.42 Å². The lowest BCUT2D eigenvalue weighted by Crippen LogP contribution is -2.14. The number of aryl methyl sites for hydroxylation is 2. The van der Waals surface area contributed by atoms with Crippen molar-refractivity contribution in [2.45, 2.75) is 33.1 Å². The summed E-state index contributed by atoms with van der Waals surface area (Å²) in [4.78, 5) is 0. The van der Waals surface area contributed by atoms with E-state index in [2.05, 4.69) is 10.3 Å². The number of halogens is 1. The highest BCUT2D eigenvalue weighted by molar-refractivity contribution is 7.90. The predicted molar refractivity (Wildman–Crippen MR) is 67.5 cm³/mol. The van der Waals surface area contributed by atoms with Crippen LogP contribution in [0.15, 0.2) is 11.1 Å². The summed E-state index contributed by atoms with van der Waals surface area (Å²) in [6.07, 6.45) is 0. The first-order valence-electron chi connectivity index (χ1n) is 5.25. The average molecular weight is 278 g/mol. The molecule has 0 N–H and O–H groups in total. The molecule has 1 aromatic rings. The molecule has 0 atom stereocenters. The first kappa shape index (κ1) is 14.2. The van der Waals surface area contributed by atoms with Gasteiger partial charge in [-0.15, -0.1) is 5.10 Å². The summed E-state index contributed by atoms with van der Waals surface area (Å²) in [7, 11) is -3.22. The fourth-order valence-corrected chi connectivity index (χ4v) is 3.31. The Hall–Kier alpha value is -0.880. The first-order chi connectivity index (χ1) is 7.89. The van der Waals surface area contributed by atoms with Crippen molar-refractivity contribution < 1.29 is 8.42 Å². The van der Waals surface area contributed by atoms with Crippen LogP contribution in [0, 0.1) is 6.92 Å². The van der Waals surface area contributed by atoms with E-state index in [-0.39, 0.29) is 11.5 Å². The molecule has 0 bridgehead atoms. The third-order valence-corrected chi connectivity index (χ3v) is 4.30. The molecule has 0 unspecified atom stereocenters. The minimum atomic E-state index is -3.22. The van der Waals surface area contributed by atoms with E-state index in [1.807, 2.05) is 6.92 Å². The lowest BCUT2D eigenvalue weighted by Gasteiger charge is -2.06. The van der Waals surface area contributed by atoms with Gasteiger partial charge in [0.15, 0.2) is 9.84 Å². The number of sulfone groups is 1. The Kier molecular flexibility index (Phi) is 4.70. The van der Waals surface area contributed by atoms with E-state index < -0.39 is 9.84 Å². The Labute approximate surface area is 106 Å². The van der Waals surface area contributed by atoms with Gasteiger partial charge >= 0.3 is 0 Å². The zero-order valence-corrected chi connectivity index (χ0v) is 11.7. The Morgan fingerprint density at radius 2 is 2.18 bits per heavy atom. The predicted octanol–water partition coefficient (Wildman–Crippen LogP) is 1.66. The molecule has 1 rings (SSSR count). The molecule has 17 heavy (non-hydrogen) atoms. The molecule has 0 aromatic carbocycles. The van der Waals surface area contributed by atoms with Crippen LogP contribution in [0.25, 0.3) is 0 Å². The summed E-state index contributed by atoms with van der Waals surface area (Å²) in [5.74, 6) is -0.0907. The third kappa shape index (κ3) is 3.81. The van der Waals surface area contributed by atoms with E-state index in [0.29, 0.717) is 23.5 Å². The van der Waals surface area contributed by atoms with E-state index in [0.717, 1.165) is 0 Å². The minimum Gasteiger partial charge on any atom is -0.248 e. The fraction of sp³-hybridized carbons (Fsp3) is 0.600. The van der Waals surface area contributed by atoms with Crippen molar-refractivity contribution >= 4 is 21.4 Å². The van der Waals surface area contributed by atoms with Crippen LogP contribution in [0.2, 0.25) is 0 Å². The van der Waals surface area contributed by atoms with Gasteiger partial charge in [-0.2, -0.15) is 0 Å². The number of aromatic nitrogens is 3. The Balaban J connectivity index is 2.94. The Morgan fingerprint density at radius 3 is 2.71 bits per heavy atom. The van der Waals surface area contributed by atoms with Gasteiger partial charge in [0.1, 0.15) is 0 Å². The van der Waals surface area contributed by atoms with Crippen molar-refractivity contribution in [3.63, 3.8) is 0 Å². The zero-order chi connectivity index (χ0) is 13.1. The quantitative estimate of drug-likeness (QED) is 0.821. The number of nitrogens with zero attached hydrogens (tertiary/aromatic N) is 3. The first-order valence-corrected chi connectivity index (χ1v) is 7.50. The lowest BCUT2D eigenvalue weighted by molar-refractivity contribution is 0.583. The van der Waals surface area contributed by atoms with Crippen LogP contribution in [0.5, 0.6) is 0 Å². The molecular weight excluding hydrogens is 262 g/mol. The van der Waals surface area contributed by atoms with Crippen molar-refractivity contribution in [1.29, 1.82) is 0 Å². The monoisotopic (exact) mass is 277 g/mol. The molecule has 0 spiro atoms. The number of hydrogen-bond donors (Lipinski definition) is 0. The van der Waals surface area contributed by atoms with Gasteiger partial charge in [-0.25, -0.2) is 13.1 Å². The van der Waals surface area contributed by atoms with Crippen LogP contribution in [0.1, 0.15) is 25.2 Å². The molecule has 0 saturated carbocycles. The molecular formula is C10H16ClN3O2S. The summed E-state index contributed by atoms with van der Waals surface area (Å²) in [5, 5.41) is 7.76. The normalized spacial score (nSPS) is 13.1. The van der Waals surface area contributed by atoms with Crippen molar-refractivity contribution in [2.24, 2.45) is 0 Å². The fourth-order valence-electron chi connectivity index (χ4n) is 1.49. The van der Waals surface area contributed by atoms with Crippen LogP contribution in [0.4, 0.5) is 0 Å². The SMILES string of the molecule is CCn1nnc(C)c1CS(=O)(=O)C/C(C)=C/Cl. The molecule has 0 aliphatic heterocycles. The molecule has 0 radical (unpaired) electrons. The van der Waals surface area contributed by atoms with Crippen LogP contribution >= 0.6 is 11.6 Å². The molecule has 0 aliphatic carbocycles. The number of hydrogen-bond acceptors (Lipinski definition) is 4. The second-order valence-electron chi connectivity index (χ2n) is 3.93. The molecule has 0 amide bonds. The smallest absolute Gasteiger partial charge is 0.159 e. The van der Waals surface area contributed by atoms with Gasteiger partial charge in [-0.1, -0.05) is 16.8 Å². The maximum atomic E-state index is 11.9. The average Bonchev–Trinajstić information content (AvgIpc) is 2.58. The number of rotatable bonds is 5. The maximum Gasteiger partial charge on any atom is 0.159 e. The summed E-state index contributed by atoms with van der Waals surface area (Å²) >= 11 is 5.47. The maximum absolute atomic E-state index is 11.9. The van der Waals surface area contributed by atoms with Crippen molar-refractivity contribution in [1.82, 2.24) is 15.0 Å². The topological polar surface area (TPSA) is 64.8 Å². The summed E-state index contributed by atoms with van der Waals surface area (Å²) < 4.78 is 25.4. The van der Waals surface area contributed by atoms with E-state index in [4.69, 9.17) is 11.6 Å². The van der Waals surface area contributed by atoms with Gasteiger partial charge in [-0.05, 0) is 26.3 Å². The van der Waals surface area contributed by atoms with Crippen LogP contribution in [-0.2, 0) is 22.1 Å². The Morgan fingerprint density at radius 1 is 1.53 bits per heavy atom. The highest BCUT2D eigenvalue weighted by atomic mass is 35.5. The van der Waals surface area contributed by atoms with Crippen molar-refractivity contribution in [3.05, 3.63) is 22.5 Å². The van der Waals surface area contributed by atoms with Crippen LogP contribution in [-0.4, -0.2) is 29.2 Å². The molecule has 0 fully saturated rings. The zero-order valence-electron chi connectivity index (χ0n) is 10.1. The lowest BCUT2D eigenvalue weighted by atomic mass is 10.4. The molecule has 96 valence electrons.